The third-order valence-corrected chi connectivity index (χ3v) is 6.47. The molecule has 20 nitrogen and oxygen atoms in total. The molecule has 0 aliphatic carbocycles. The summed E-state index contributed by atoms with van der Waals surface area (Å²) < 4.78 is 0. The third kappa shape index (κ3) is 20.8. The van der Waals surface area contributed by atoms with Crippen molar-refractivity contribution in [3.05, 3.63) is 127 Å². The number of pyridine rings is 2. The number of carboxylic acids is 1. The largest absolute Gasteiger partial charge is 3.00 e. The topological polar surface area (TPSA) is 336 Å². The summed E-state index contributed by atoms with van der Waals surface area (Å²) in [6.07, 6.45) is 4.82. The average Bonchev–Trinajstić information content (AvgIpc) is 3.95. The smallest absolute Gasteiger partial charge is 0.872 e. The third-order valence-electron chi connectivity index (χ3n) is 6.47. The van der Waals surface area contributed by atoms with Gasteiger partial charge in [-0.25, -0.2) is 0 Å². The van der Waals surface area contributed by atoms with Gasteiger partial charge in [0.15, 0.2) is 0 Å². The number of carbonyl (C=O) groups is 3. The van der Waals surface area contributed by atoms with Crippen molar-refractivity contribution in [2.45, 2.75) is 0 Å². The van der Waals surface area contributed by atoms with Crippen LogP contribution in [0.4, 0.5) is 0 Å². The molecule has 0 saturated heterocycles. The van der Waals surface area contributed by atoms with Crippen LogP contribution in [-0.2, 0) is 43.7 Å². The van der Waals surface area contributed by atoms with Gasteiger partial charge in [-0.1, -0.05) is 60.7 Å². The van der Waals surface area contributed by atoms with Gasteiger partial charge in [-0.05, 0) is 65.2 Å². The predicted octanol–water partition coefficient (Wildman–Crippen LogP) is -0.409. The summed E-state index contributed by atoms with van der Waals surface area (Å²) in [7, 11) is 7.75. The molecule has 4 aromatic heterocycles. The fourth-order valence-corrected chi connectivity index (χ4v) is 3.82. The van der Waals surface area contributed by atoms with E-state index < -0.39 is 5.97 Å². The van der Waals surface area contributed by atoms with Crippen LogP contribution in [0, 0.1) is 0 Å². The minimum Gasteiger partial charge on any atom is -0.872 e. The molecule has 0 atom stereocenters. The number of benzene rings is 3. The number of nitrogens with zero attached hydrogens (tertiary/aromatic N) is 10. The summed E-state index contributed by atoms with van der Waals surface area (Å²) >= 11 is 0. The van der Waals surface area contributed by atoms with Crippen LogP contribution in [0.3, 0.4) is 0 Å². The Hall–Kier alpha value is -7.03. The van der Waals surface area contributed by atoms with Crippen LogP contribution in [0.5, 0.6) is 17.2 Å². The Morgan fingerprint density at radius 3 is 1.19 bits per heavy atom. The summed E-state index contributed by atoms with van der Waals surface area (Å²) in [6, 6.07) is 29.3. The van der Waals surface area contributed by atoms with Crippen molar-refractivity contribution in [1.29, 1.82) is 0 Å². The molecule has 7 aromatic rings. The van der Waals surface area contributed by atoms with Gasteiger partial charge in [0.25, 0.3) is 0 Å². The molecule has 0 aliphatic heterocycles. The zero-order valence-corrected chi connectivity index (χ0v) is 36.1. The van der Waals surface area contributed by atoms with E-state index in [0.717, 1.165) is 19.9 Å². The molecular weight excluding hydrogens is 890 g/mol. The van der Waals surface area contributed by atoms with Crippen LogP contribution in [0.25, 0.3) is 45.8 Å². The van der Waals surface area contributed by atoms with Crippen LogP contribution in [0.1, 0.15) is 10.4 Å². The molecule has 4 heterocycles. The fraction of sp³-hybridized carbons (Fsp3) is 0.125. The first-order valence-electron chi connectivity index (χ1n) is 16.7. The first-order valence-corrected chi connectivity index (χ1v) is 16.7. The molecule has 0 bridgehead atoms. The van der Waals surface area contributed by atoms with E-state index in [2.05, 4.69) is 40.3 Å². The number of hydrogen-bond donors (Lipinski definition) is 2. The quantitative estimate of drug-likeness (QED) is 0.152. The number of aliphatic hydroxyl groups excluding tert-OH is 1. The van der Waals surface area contributed by atoms with Gasteiger partial charge in [0.1, 0.15) is 5.75 Å². The molecule has 6 N–H and O–H groups in total. The van der Waals surface area contributed by atoms with Crippen LogP contribution >= 0.6 is 0 Å². The average molecular weight is 934 g/mol. The van der Waals surface area contributed by atoms with Crippen LogP contribution in [-0.4, -0.2) is 115 Å². The number of hydrogen-bond acceptors (Lipinski definition) is 14. The summed E-state index contributed by atoms with van der Waals surface area (Å²) in [5.41, 5.74) is 2.25. The number of aromatic hydroxyl groups is 1. The van der Waals surface area contributed by atoms with Crippen molar-refractivity contribution >= 4 is 18.8 Å². The fourth-order valence-electron chi connectivity index (χ4n) is 3.82. The molecule has 2 amide bonds. The molecule has 22 heteroatoms. The Kier molecular flexibility index (Phi) is 31.3. The Bertz CT molecular complexity index is 2120. The van der Waals surface area contributed by atoms with Crippen LogP contribution in [0.15, 0.2) is 122 Å². The number of carbonyl (C=O) groups excluding carboxylic acids is 3. The van der Waals surface area contributed by atoms with Gasteiger partial charge < -0.3 is 81.4 Å². The second kappa shape index (κ2) is 32.8. The number of phenols is 1. The number of para-hydroxylation sites is 2. The van der Waals surface area contributed by atoms with E-state index in [1.807, 2.05) is 24.3 Å². The minimum absolute atomic E-state index is 0. The predicted molar refractivity (Wildman–Crippen MR) is 214 cm³/mol. The maximum atomic E-state index is 11.6. The maximum absolute atomic E-state index is 11.6. The standard InChI is InChI=1S/2C13H9N4O.C7H6O3.2C3H7NO.CH4O.2Mn.2H2O/c2*18-11-7-2-1-5-9(11)12-15-13(17-16-12)10-6-3-4-8-14-10;8-6-3-1-5(2-4-6)7(9)10;2*1-4(2)3-5;1-2;;;;/h2*1-8H,(H-,14,15,16,17,18);1-4,8H,(H,9,10);2*3H,1-2H3;2H,1H3;;;2*1H2/q2*-1;;;;;+2;+3;;/p-3. The maximum Gasteiger partial charge on any atom is 3.00 e. The first-order chi connectivity index (χ1) is 27.9. The van der Waals surface area contributed by atoms with Gasteiger partial charge >= 0.3 is 34.1 Å². The van der Waals surface area contributed by atoms with Gasteiger partial charge in [0.05, 0.1) is 17.4 Å². The summed E-state index contributed by atoms with van der Waals surface area (Å²) in [6.45, 7) is 0. The molecule has 0 saturated carbocycles. The number of amides is 2. The molecule has 1 radical (unpaired) electrons. The van der Waals surface area contributed by atoms with Crippen molar-refractivity contribution < 1.29 is 85.0 Å². The summed E-state index contributed by atoms with van der Waals surface area (Å²) in [4.78, 5) is 48.6. The Labute approximate surface area is 378 Å². The van der Waals surface area contributed by atoms with E-state index >= 15 is 0 Å². The van der Waals surface area contributed by atoms with Gasteiger partial charge in [-0.2, -0.15) is 0 Å². The summed E-state index contributed by atoms with van der Waals surface area (Å²) in [5, 5.41) is 64.9. The molecule has 3 aromatic carbocycles. The van der Waals surface area contributed by atoms with Gasteiger partial charge in [0, 0.05) is 71.0 Å². The van der Waals surface area contributed by atoms with E-state index in [4.69, 9.17) is 10.2 Å². The monoisotopic (exact) mass is 933 g/mol. The number of aliphatic hydroxyl groups is 1. The molecule has 327 valence electrons. The van der Waals surface area contributed by atoms with E-state index in [1.165, 1.54) is 46.2 Å². The van der Waals surface area contributed by atoms with E-state index in [1.54, 1.807) is 89.1 Å². The zero-order valence-electron chi connectivity index (χ0n) is 33.8. The van der Waals surface area contributed by atoms with Crippen LogP contribution in [0.2, 0.25) is 0 Å². The van der Waals surface area contributed by atoms with E-state index in [0.29, 0.717) is 45.8 Å². The number of rotatable bonds is 7. The second-order valence-electron chi connectivity index (χ2n) is 11.3. The van der Waals surface area contributed by atoms with Gasteiger partial charge in [-0.15, -0.1) is 11.5 Å². The molecule has 0 unspecified atom stereocenters. The molecule has 62 heavy (non-hydrogen) atoms. The number of aromatic carboxylic acids is 1. The van der Waals surface area contributed by atoms with Crippen LogP contribution < -0.4 is 25.3 Å². The normalized spacial score (nSPS) is 8.74. The molecule has 0 fully saturated rings. The molecule has 7 rings (SSSR count). The zero-order chi connectivity index (χ0) is 42.9. The van der Waals surface area contributed by atoms with Gasteiger partial charge in [-0.3, -0.25) is 19.6 Å². The van der Waals surface area contributed by atoms with Crippen molar-refractivity contribution in [2.75, 3.05) is 35.3 Å². The van der Waals surface area contributed by atoms with Crippen molar-refractivity contribution in [2.24, 2.45) is 0 Å². The second-order valence-corrected chi connectivity index (χ2v) is 11.3. The van der Waals surface area contributed by atoms with Gasteiger partial charge in [0.2, 0.25) is 12.8 Å². The Morgan fingerprint density at radius 1 is 0.581 bits per heavy atom. The number of aromatic nitrogens is 8. The van der Waals surface area contributed by atoms with E-state index in [-0.39, 0.29) is 67.9 Å². The first kappa shape index (κ1) is 59.3. The summed E-state index contributed by atoms with van der Waals surface area (Å²) in [5.74, 6) is 0.102. The number of carboxylic acid groups (broad SMARTS) is 1. The minimum atomic E-state index is -1.24. The van der Waals surface area contributed by atoms with Crippen molar-refractivity contribution in [1.82, 2.24) is 50.1 Å². The Balaban J connectivity index is -0.000000742. The number of phenolic OH excluding ortho intramolecular Hbond substituents is 1. The SMILES string of the molecule is CN(C)C=O.CN(C)C=O.CO.O.O.O=C([O-])c1ccc(O)cc1.[Mn+2].[Mn+3].[O-]c1ccccc1-c1nnc(-c2ccccn2)[n-]1.[O-]c1ccccc1-c1nnc(-c2ccccn2)[n-]1. The molecular formula is C40H43Mn2N10O10. The van der Waals surface area contributed by atoms with Crippen molar-refractivity contribution in [3.8, 4) is 63.1 Å². The molecule has 0 spiro atoms. The molecule has 0 aliphatic rings. The van der Waals surface area contributed by atoms with Crippen molar-refractivity contribution in [3.63, 3.8) is 0 Å². The van der Waals surface area contributed by atoms with E-state index in [9.17, 15) is 29.7 Å². The Morgan fingerprint density at radius 2 is 0.903 bits per heavy atom.